The maximum Gasteiger partial charge on any atom is 0.230 e. The Labute approximate surface area is 221 Å². The van der Waals surface area contributed by atoms with E-state index in [2.05, 4.69) is 5.32 Å². The fraction of sp³-hybridized carbons (Fsp3) is 0.0667. The van der Waals surface area contributed by atoms with Crippen molar-refractivity contribution in [3.8, 4) is 28.1 Å². The Hall–Kier alpha value is -4.37. The van der Waals surface area contributed by atoms with Crippen molar-refractivity contribution in [3.63, 3.8) is 0 Å². The number of nitrogens with one attached hydrogen (secondary N) is 1. The van der Waals surface area contributed by atoms with E-state index in [-0.39, 0.29) is 12.3 Å². The standard InChI is InChI=1S/C30H25N3O4S/c1-37-25-11-8-20(9-12-25)23-13-15-33-26(30(32-28(33)17-23)22-5-3-2-4-6-22)19-29(34)31-24-10-7-21-14-16-38(35,36)27(21)18-24/h2-18,35-36H,19H2,1H3,(H,31,34). The van der Waals surface area contributed by atoms with Crippen LogP contribution in [0, 0.1) is 0 Å². The van der Waals surface area contributed by atoms with Crippen LogP contribution in [0.15, 0.2) is 101 Å². The fourth-order valence-corrected chi connectivity index (χ4v) is 5.93. The Morgan fingerprint density at radius 1 is 0.947 bits per heavy atom. The van der Waals surface area contributed by atoms with Gasteiger partial charge in [-0.25, -0.2) is 4.98 Å². The molecule has 0 bridgehead atoms. The Morgan fingerprint density at radius 2 is 1.74 bits per heavy atom. The molecule has 0 aliphatic carbocycles. The molecule has 1 amide bonds. The molecule has 0 unspecified atom stereocenters. The van der Waals surface area contributed by atoms with Crippen molar-refractivity contribution < 1.29 is 18.6 Å². The van der Waals surface area contributed by atoms with E-state index in [1.165, 1.54) is 5.41 Å². The number of anilines is 1. The van der Waals surface area contributed by atoms with Gasteiger partial charge in [-0.1, -0.05) is 48.5 Å². The summed E-state index contributed by atoms with van der Waals surface area (Å²) >= 11 is 0. The zero-order valence-electron chi connectivity index (χ0n) is 20.5. The molecule has 8 heteroatoms. The largest absolute Gasteiger partial charge is 0.497 e. The van der Waals surface area contributed by atoms with Crippen molar-refractivity contribution in [1.29, 1.82) is 0 Å². The minimum Gasteiger partial charge on any atom is -0.497 e. The van der Waals surface area contributed by atoms with Gasteiger partial charge in [-0.05, 0) is 59.2 Å². The highest BCUT2D eigenvalue weighted by Crippen LogP contribution is 2.56. The van der Waals surface area contributed by atoms with Crippen LogP contribution in [0.3, 0.4) is 0 Å². The van der Waals surface area contributed by atoms with E-state index in [0.29, 0.717) is 10.6 Å². The van der Waals surface area contributed by atoms with Crippen molar-refractivity contribution in [2.45, 2.75) is 11.3 Å². The summed E-state index contributed by atoms with van der Waals surface area (Å²) in [6.45, 7) is 0. The van der Waals surface area contributed by atoms with E-state index < -0.39 is 10.6 Å². The molecule has 0 atom stereocenters. The topological polar surface area (TPSA) is 96.1 Å². The number of imidazole rings is 1. The summed E-state index contributed by atoms with van der Waals surface area (Å²) < 4.78 is 27.7. The van der Waals surface area contributed by atoms with Gasteiger partial charge >= 0.3 is 0 Å². The maximum absolute atomic E-state index is 13.2. The number of methoxy groups -OCH3 is 1. The predicted octanol–water partition coefficient (Wildman–Crippen LogP) is 6.95. The molecule has 190 valence electrons. The van der Waals surface area contributed by atoms with Crippen LogP contribution in [-0.4, -0.2) is 31.5 Å². The second kappa shape index (κ2) is 9.50. The Bertz CT molecular complexity index is 1690. The number of amides is 1. The van der Waals surface area contributed by atoms with Crippen LogP contribution in [0.1, 0.15) is 11.3 Å². The molecule has 7 nitrogen and oxygen atoms in total. The summed E-state index contributed by atoms with van der Waals surface area (Å²) in [6.07, 6.45) is 3.70. The van der Waals surface area contributed by atoms with Gasteiger partial charge in [0.2, 0.25) is 5.91 Å². The molecule has 5 aromatic rings. The minimum absolute atomic E-state index is 0.0822. The number of fused-ring (bicyclic) bond motifs is 2. The third-order valence-corrected chi connectivity index (χ3v) is 8.10. The van der Waals surface area contributed by atoms with Gasteiger partial charge in [0.15, 0.2) is 0 Å². The van der Waals surface area contributed by atoms with Crippen LogP contribution in [0.2, 0.25) is 0 Å². The third-order valence-electron chi connectivity index (χ3n) is 6.58. The average molecular weight is 524 g/mol. The lowest BCUT2D eigenvalue weighted by atomic mass is 10.1. The van der Waals surface area contributed by atoms with E-state index in [4.69, 9.17) is 9.72 Å². The van der Waals surface area contributed by atoms with Crippen LogP contribution in [0.5, 0.6) is 5.75 Å². The van der Waals surface area contributed by atoms with Crippen molar-refractivity contribution in [2.75, 3.05) is 12.4 Å². The summed E-state index contributed by atoms with van der Waals surface area (Å²) in [7, 11) is -1.33. The number of ether oxygens (including phenoxy) is 1. The van der Waals surface area contributed by atoms with Crippen molar-refractivity contribution in [1.82, 2.24) is 9.38 Å². The minimum atomic E-state index is -2.97. The Balaban J connectivity index is 1.34. The molecule has 1 aliphatic heterocycles. The summed E-state index contributed by atoms with van der Waals surface area (Å²) in [5, 5.41) is 4.31. The molecule has 0 spiro atoms. The molecule has 38 heavy (non-hydrogen) atoms. The summed E-state index contributed by atoms with van der Waals surface area (Å²) in [4.78, 5) is 18.6. The Kier molecular flexibility index (Phi) is 6.00. The first-order chi connectivity index (χ1) is 18.4. The number of rotatable bonds is 6. The van der Waals surface area contributed by atoms with E-state index >= 15 is 0 Å². The highest BCUT2D eigenvalue weighted by molar-refractivity contribution is 8.27. The predicted molar refractivity (Wildman–Crippen MR) is 152 cm³/mol. The first-order valence-corrected chi connectivity index (χ1v) is 13.6. The second-order valence-electron chi connectivity index (χ2n) is 9.02. The molecule has 2 aromatic heterocycles. The fourth-order valence-electron chi connectivity index (χ4n) is 4.66. The molecular weight excluding hydrogens is 498 g/mol. The monoisotopic (exact) mass is 523 g/mol. The number of benzene rings is 3. The van der Waals surface area contributed by atoms with Crippen LogP contribution < -0.4 is 10.1 Å². The average Bonchev–Trinajstić information content (AvgIpc) is 3.45. The lowest BCUT2D eigenvalue weighted by Crippen LogP contribution is -2.16. The molecule has 3 N–H and O–H groups in total. The second-order valence-corrected chi connectivity index (χ2v) is 10.9. The van der Waals surface area contributed by atoms with Crippen molar-refractivity contribution >= 4 is 33.9 Å². The van der Waals surface area contributed by atoms with Gasteiger partial charge in [0.05, 0.1) is 29.8 Å². The molecule has 0 radical (unpaired) electrons. The number of aromatic nitrogens is 2. The number of pyridine rings is 1. The highest BCUT2D eigenvalue weighted by Gasteiger charge is 2.23. The van der Waals surface area contributed by atoms with Gasteiger partial charge in [-0.15, -0.1) is 10.6 Å². The Morgan fingerprint density at radius 3 is 2.50 bits per heavy atom. The van der Waals surface area contributed by atoms with Crippen molar-refractivity contribution in [3.05, 3.63) is 108 Å². The third kappa shape index (κ3) is 4.45. The first-order valence-electron chi connectivity index (χ1n) is 12.0. The number of carbonyl (C=O) groups is 1. The van der Waals surface area contributed by atoms with Crippen LogP contribution >= 0.6 is 10.6 Å². The molecule has 3 heterocycles. The van der Waals surface area contributed by atoms with E-state index in [0.717, 1.165) is 45.0 Å². The van der Waals surface area contributed by atoms with Crippen LogP contribution in [0.4, 0.5) is 5.69 Å². The van der Waals surface area contributed by atoms with Crippen LogP contribution in [-0.2, 0) is 11.2 Å². The van der Waals surface area contributed by atoms with Gasteiger partial charge in [0.1, 0.15) is 11.4 Å². The lowest BCUT2D eigenvalue weighted by molar-refractivity contribution is -0.115. The first kappa shape index (κ1) is 24.0. The lowest BCUT2D eigenvalue weighted by Gasteiger charge is -2.25. The van der Waals surface area contributed by atoms with Gasteiger partial charge in [0, 0.05) is 22.9 Å². The highest BCUT2D eigenvalue weighted by atomic mass is 32.3. The molecule has 0 saturated heterocycles. The van der Waals surface area contributed by atoms with E-state index in [1.807, 2.05) is 77.3 Å². The normalized spacial score (nSPS) is 14.3. The van der Waals surface area contributed by atoms with Crippen LogP contribution in [0.25, 0.3) is 34.1 Å². The van der Waals surface area contributed by atoms with Gasteiger partial charge in [-0.3, -0.25) is 13.9 Å². The van der Waals surface area contributed by atoms with Gasteiger partial charge < -0.3 is 14.5 Å². The molecule has 1 aliphatic rings. The molecule has 0 fully saturated rings. The molecule has 3 aromatic carbocycles. The van der Waals surface area contributed by atoms with Crippen molar-refractivity contribution in [2.24, 2.45) is 0 Å². The molecular formula is C30H25N3O4S. The smallest absolute Gasteiger partial charge is 0.230 e. The zero-order valence-corrected chi connectivity index (χ0v) is 21.4. The number of hydrogen-bond acceptors (Lipinski definition) is 5. The van der Waals surface area contributed by atoms with E-state index in [1.54, 1.807) is 31.4 Å². The van der Waals surface area contributed by atoms with E-state index in [9.17, 15) is 13.9 Å². The summed E-state index contributed by atoms with van der Waals surface area (Å²) in [6, 6.07) is 26.8. The summed E-state index contributed by atoms with van der Waals surface area (Å²) in [5.74, 6) is 0.561. The number of hydrogen-bond donors (Lipinski definition) is 3. The molecule has 6 rings (SSSR count). The number of nitrogens with zero attached hydrogens (tertiary/aromatic N) is 2. The summed E-state index contributed by atoms with van der Waals surface area (Å²) in [5.41, 5.74) is 6.44. The van der Waals surface area contributed by atoms with Gasteiger partial charge in [0.25, 0.3) is 0 Å². The quantitative estimate of drug-likeness (QED) is 0.224. The maximum atomic E-state index is 13.2. The van der Waals surface area contributed by atoms with Gasteiger partial charge in [-0.2, -0.15) is 0 Å². The SMILES string of the molecule is COc1ccc(-c2ccn3c(CC(=O)Nc4ccc5c(c4)S(O)(O)C=C5)c(-c4ccccc4)nc3c2)cc1. The molecule has 0 saturated carbocycles. The number of carbonyl (C=O) groups excluding carboxylic acids is 1. The zero-order chi connectivity index (χ0) is 26.3.